The quantitative estimate of drug-likeness (QED) is 0.756. The summed E-state index contributed by atoms with van der Waals surface area (Å²) in [7, 11) is 2.51. The molecule has 0 spiro atoms. The van der Waals surface area contributed by atoms with Crippen LogP contribution in [0.5, 0.6) is 0 Å². The van der Waals surface area contributed by atoms with Crippen LogP contribution in [0.2, 0.25) is 0 Å². The molecular weight excluding hydrogens is 240 g/mol. The Morgan fingerprint density at radius 1 is 1.29 bits per heavy atom. The van der Waals surface area contributed by atoms with Gasteiger partial charge in [-0.15, -0.1) is 0 Å². The molecule has 2 fully saturated rings. The Kier molecular flexibility index (Phi) is 4.23. The van der Waals surface area contributed by atoms with Gasteiger partial charge in [-0.3, -0.25) is 4.21 Å². The smallest absolute Gasteiger partial charge is 0.156 e. The van der Waals surface area contributed by atoms with E-state index in [4.69, 9.17) is 9.47 Å². The molecule has 0 aromatic heterocycles. The van der Waals surface area contributed by atoms with Crippen molar-refractivity contribution in [1.82, 2.24) is 0 Å². The van der Waals surface area contributed by atoms with E-state index < -0.39 is 16.4 Å². The number of hydrogen-bond donors (Lipinski definition) is 1. The summed E-state index contributed by atoms with van der Waals surface area (Å²) in [6.07, 6.45) is 4.49. The highest BCUT2D eigenvalue weighted by molar-refractivity contribution is 7.86. The highest BCUT2D eigenvalue weighted by atomic mass is 32.2. The summed E-state index contributed by atoms with van der Waals surface area (Å²) in [4.78, 5) is 0. The van der Waals surface area contributed by atoms with E-state index in [1.54, 1.807) is 14.2 Å². The number of hydrogen-bond acceptors (Lipinski definition) is 4. The topological polar surface area (TPSA) is 55.8 Å². The SMILES string of the molecule is COC(CCC1(O)CC2CCC(C1)S2=O)OC. The maximum absolute atomic E-state index is 11.9. The first-order valence-corrected chi connectivity index (χ1v) is 7.53. The molecule has 100 valence electrons. The fraction of sp³-hybridized carbons (Fsp3) is 1.00. The van der Waals surface area contributed by atoms with Crippen LogP contribution in [0.15, 0.2) is 0 Å². The van der Waals surface area contributed by atoms with Crippen LogP contribution in [0.3, 0.4) is 0 Å². The highest BCUT2D eigenvalue weighted by Gasteiger charge is 2.47. The predicted octanol–water partition coefficient (Wildman–Crippen LogP) is 1.19. The Hall–Kier alpha value is 0.0300. The molecule has 2 saturated heterocycles. The Balaban J connectivity index is 1.90. The average molecular weight is 262 g/mol. The first-order chi connectivity index (χ1) is 8.08. The summed E-state index contributed by atoms with van der Waals surface area (Å²) in [5.41, 5.74) is -0.658. The Morgan fingerprint density at radius 3 is 2.29 bits per heavy atom. The lowest BCUT2D eigenvalue weighted by Gasteiger charge is -2.36. The highest BCUT2D eigenvalue weighted by Crippen LogP contribution is 2.42. The molecule has 2 bridgehead atoms. The van der Waals surface area contributed by atoms with E-state index in [-0.39, 0.29) is 16.8 Å². The van der Waals surface area contributed by atoms with E-state index in [0.717, 1.165) is 12.8 Å². The lowest BCUT2D eigenvalue weighted by molar-refractivity contribution is -0.118. The minimum absolute atomic E-state index is 0.210. The Labute approximate surface area is 105 Å². The molecule has 0 aromatic rings. The molecule has 1 N–H and O–H groups in total. The van der Waals surface area contributed by atoms with Crippen LogP contribution in [0.4, 0.5) is 0 Å². The van der Waals surface area contributed by atoms with Crippen LogP contribution >= 0.6 is 0 Å². The number of fused-ring (bicyclic) bond motifs is 2. The lowest BCUT2D eigenvalue weighted by Crippen LogP contribution is -2.43. The van der Waals surface area contributed by atoms with E-state index in [1.807, 2.05) is 0 Å². The largest absolute Gasteiger partial charge is 0.390 e. The summed E-state index contributed by atoms with van der Waals surface area (Å²) in [6, 6.07) is 0. The monoisotopic (exact) mass is 262 g/mol. The van der Waals surface area contributed by atoms with E-state index in [0.29, 0.717) is 25.7 Å². The van der Waals surface area contributed by atoms with E-state index in [2.05, 4.69) is 0 Å². The third-order valence-electron chi connectivity index (χ3n) is 4.05. The molecule has 2 aliphatic heterocycles. The minimum atomic E-state index is -0.706. The van der Waals surface area contributed by atoms with Gasteiger partial charge in [-0.05, 0) is 32.1 Å². The van der Waals surface area contributed by atoms with Crippen molar-refractivity contribution in [3.63, 3.8) is 0 Å². The summed E-state index contributed by atoms with van der Waals surface area (Å²) in [6.45, 7) is 0. The van der Waals surface area contributed by atoms with Crippen molar-refractivity contribution in [1.29, 1.82) is 0 Å². The molecule has 17 heavy (non-hydrogen) atoms. The third kappa shape index (κ3) is 2.89. The molecule has 2 heterocycles. The second-order valence-corrected chi connectivity index (χ2v) is 7.21. The fourth-order valence-electron chi connectivity index (χ4n) is 3.10. The van der Waals surface area contributed by atoms with Gasteiger partial charge < -0.3 is 14.6 Å². The summed E-state index contributed by atoms with van der Waals surface area (Å²) in [5.74, 6) is 0. The molecule has 2 rings (SSSR count). The van der Waals surface area contributed by atoms with Crippen molar-refractivity contribution in [3.8, 4) is 0 Å². The van der Waals surface area contributed by atoms with Gasteiger partial charge in [0.05, 0.1) is 5.60 Å². The zero-order chi connectivity index (χ0) is 12.5. The van der Waals surface area contributed by atoms with E-state index in [9.17, 15) is 9.32 Å². The van der Waals surface area contributed by atoms with Crippen molar-refractivity contribution < 1.29 is 18.8 Å². The average Bonchev–Trinajstić information content (AvgIpc) is 2.53. The van der Waals surface area contributed by atoms with Crippen LogP contribution in [0.25, 0.3) is 0 Å². The van der Waals surface area contributed by atoms with Crippen LogP contribution in [0.1, 0.15) is 38.5 Å². The molecule has 0 amide bonds. The zero-order valence-corrected chi connectivity index (χ0v) is 11.4. The van der Waals surface area contributed by atoms with Gasteiger partial charge in [-0.1, -0.05) is 0 Å². The fourth-order valence-corrected chi connectivity index (χ4v) is 5.33. The molecule has 0 saturated carbocycles. The van der Waals surface area contributed by atoms with Gasteiger partial charge in [-0.2, -0.15) is 0 Å². The Morgan fingerprint density at radius 2 is 1.82 bits per heavy atom. The number of aliphatic hydroxyl groups is 1. The van der Waals surface area contributed by atoms with Crippen molar-refractivity contribution in [2.75, 3.05) is 14.2 Å². The number of rotatable bonds is 5. The van der Waals surface area contributed by atoms with Gasteiger partial charge >= 0.3 is 0 Å². The maximum atomic E-state index is 11.9. The van der Waals surface area contributed by atoms with Crippen LogP contribution in [-0.4, -0.2) is 45.9 Å². The van der Waals surface area contributed by atoms with E-state index >= 15 is 0 Å². The maximum Gasteiger partial charge on any atom is 0.156 e. The molecule has 0 aliphatic carbocycles. The molecule has 2 aliphatic rings. The molecule has 0 radical (unpaired) electrons. The second-order valence-electron chi connectivity index (χ2n) is 5.22. The molecular formula is C12H22O4S. The van der Waals surface area contributed by atoms with Gasteiger partial charge in [0.2, 0.25) is 0 Å². The first-order valence-electron chi connectivity index (χ1n) is 6.25. The molecule has 5 heteroatoms. The second kappa shape index (κ2) is 5.34. The minimum Gasteiger partial charge on any atom is -0.390 e. The summed E-state index contributed by atoms with van der Waals surface area (Å²) < 4.78 is 22.1. The van der Waals surface area contributed by atoms with E-state index in [1.165, 1.54) is 0 Å². The third-order valence-corrected chi connectivity index (χ3v) is 6.17. The van der Waals surface area contributed by atoms with Crippen molar-refractivity contribution >= 4 is 10.8 Å². The predicted molar refractivity (Wildman–Crippen MR) is 66.2 cm³/mol. The van der Waals surface area contributed by atoms with Crippen LogP contribution < -0.4 is 0 Å². The molecule has 4 nitrogen and oxygen atoms in total. The molecule has 2 unspecified atom stereocenters. The van der Waals surface area contributed by atoms with Crippen molar-refractivity contribution in [2.45, 2.75) is 60.9 Å². The normalized spacial score (nSPS) is 41.1. The van der Waals surface area contributed by atoms with Crippen molar-refractivity contribution in [2.24, 2.45) is 0 Å². The molecule has 0 aromatic carbocycles. The summed E-state index contributed by atoms with van der Waals surface area (Å²) in [5, 5.41) is 11.0. The van der Waals surface area contributed by atoms with Gasteiger partial charge in [0.15, 0.2) is 6.29 Å². The molecule has 2 atom stereocenters. The first kappa shape index (κ1) is 13.5. The summed E-state index contributed by atoms with van der Waals surface area (Å²) >= 11 is 0. The van der Waals surface area contributed by atoms with Crippen molar-refractivity contribution in [3.05, 3.63) is 0 Å². The van der Waals surface area contributed by atoms with Crippen LogP contribution in [0, 0.1) is 0 Å². The number of methoxy groups -OCH3 is 2. The van der Waals surface area contributed by atoms with Crippen LogP contribution in [-0.2, 0) is 20.3 Å². The van der Waals surface area contributed by atoms with Gasteiger partial charge in [0.25, 0.3) is 0 Å². The number of ether oxygens (including phenoxy) is 2. The zero-order valence-electron chi connectivity index (χ0n) is 10.6. The Bertz CT molecular complexity index is 274. The van der Waals surface area contributed by atoms with Gasteiger partial charge in [0.1, 0.15) is 0 Å². The van der Waals surface area contributed by atoms with Gasteiger partial charge in [0, 0.05) is 41.9 Å². The standard InChI is InChI=1S/C12H22O4S/c1-15-11(16-2)5-6-12(13)7-9-3-4-10(8-12)17(9)14/h9-11,13H,3-8H2,1-2H3. The lowest BCUT2D eigenvalue weighted by atomic mass is 9.88. The van der Waals surface area contributed by atoms with Gasteiger partial charge in [-0.25, -0.2) is 0 Å².